The zero-order chi connectivity index (χ0) is 16.9. The van der Waals surface area contributed by atoms with Crippen LogP contribution in [0.25, 0.3) is 0 Å². The molecule has 1 amide bonds. The normalized spacial score (nSPS) is 15.7. The first kappa shape index (κ1) is 17.3. The second-order valence-corrected chi connectivity index (χ2v) is 6.72. The van der Waals surface area contributed by atoms with E-state index < -0.39 is 11.7 Å². The van der Waals surface area contributed by atoms with Crippen LogP contribution in [0.2, 0.25) is 0 Å². The molecule has 0 unspecified atom stereocenters. The van der Waals surface area contributed by atoms with Gasteiger partial charge in [0, 0.05) is 44.0 Å². The Kier molecular flexibility index (Phi) is 5.64. The van der Waals surface area contributed by atoms with Crippen molar-refractivity contribution in [2.24, 2.45) is 0 Å². The Morgan fingerprint density at radius 3 is 2.65 bits per heavy atom. The average molecular weight is 315 g/mol. The Balaban J connectivity index is 2.08. The van der Waals surface area contributed by atoms with Crippen molar-refractivity contribution >= 4 is 11.8 Å². The molecule has 0 atom stereocenters. The lowest BCUT2D eigenvalue weighted by Gasteiger charge is -2.27. The van der Waals surface area contributed by atoms with Gasteiger partial charge in [-0.15, -0.1) is 6.42 Å². The number of hydrogen-bond donors (Lipinski definition) is 2. The van der Waals surface area contributed by atoms with Crippen molar-refractivity contribution < 1.29 is 9.53 Å². The predicted octanol–water partition coefficient (Wildman–Crippen LogP) is 2.42. The molecular formula is C18H25N3O2. The highest BCUT2D eigenvalue weighted by Crippen LogP contribution is 2.18. The summed E-state index contributed by atoms with van der Waals surface area (Å²) in [5, 5.41) is 6.10. The van der Waals surface area contributed by atoms with E-state index >= 15 is 0 Å². The maximum atomic E-state index is 11.9. The number of carbonyl (C=O) groups excluding carboxylic acids is 1. The molecular weight excluding hydrogens is 290 g/mol. The summed E-state index contributed by atoms with van der Waals surface area (Å²) in [6.07, 6.45) is 5.06. The van der Waals surface area contributed by atoms with Gasteiger partial charge >= 0.3 is 6.09 Å². The number of nitrogens with zero attached hydrogens (tertiary/aromatic N) is 1. The third-order valence-electron chi connectivity index (χ3n) is 3.42. The van der Waals surface area contributed by atoms with Gasteiger partial charge in [-0.05, 0) is 44.5 Å². The van der Waals surface area contributed by atoms with Gasteiger partial charge in [-0.25, -0.2) is 4.79 Å². The van der Waals surface area contributed by atoms with Gasteiger partial charge in [-0.2, -0.15) is 0 Å². The number of rotatable bonds is 3. The number of benzene rings is 1. The van der Waals surface area contributed by atoms with Crippen LogP contribution in [0.1, 0.15) is 31.9 Å². The van der Waals surface area contributed by atoms with Gasteiger partial charge in [-0.1, -0.05) is 5.92 Å². The molecule has 0 saturated carbocycles. The number of ether oxygens (including phenoxy) is 1. The Morgan fingerprint density at radius 1 is 1.35 bits per heavy atom. The van der Waals surface area contributed by atoms with Crippen LogP contribution in [0, 0.1) is 12.3 Å². The fourth-order valence-corrected chi connectivity index (χ4v) is 2.49. The summed E-state index contributed by atoms with van der Waals surface area (Å²) in [6, 6.07) is 5.72. The zero-order valence-corrected chi connectivity index (χ0v) is 14.1. The summed E-state index contributed by atoms with van der Waals surface area (Å²) in [6.45, 7) is 10.3. The Bertz CT molecular complexity index is 593. The summed E-state index contributed by atoms with van der Waals surface area (Å²) in [5.41, 5.74) is 1.98. The summed E-state index contributed by atoms with van der Waals surface area (Å²) in [4.78, 5) is 14.3. The van der Waals surface area contributed by atoms with Gasteiger partial charge < -0.3 is 10.1 Å². The van der Waals surface area contributed by atoms with E-state index in [0.717, 1.165) is 43.9 Å². The van der Waals surface area contributed by atoms with Crippen LogP contribution in [-0.2, 0) is 11.3 Å². The first-order valence-corrected chi connectivity index (χ1v) is 7.89. The van der Waals surface area contributed by atoms with Crippen molar-refractivity contribution in [1.82, 2.24) is 10.2 Å². The molecule has 0 radical (unpaired) electrons. The van der Waals surface area contributed by atoms with Gasteiger partial charge in [0.2, 0.25) is 0 Å². The number of piperazine rings is 1. The highest BCUT2D eigenvalue weighted by molar-refractivity contribution is 5.85. The molecule has 0 bridgehead atoms. The van der Waals surface area contributed by atoms with E-state index in [9.17, 15) is 4.79 Å². The Labute approximate surface area is 138 Å². The summed E-state index contributed by atoms with van der Waals surface area (Å²) >= 11 is 0. The maximum absolute atomic E-state index is 11.9. The number of nitrogens with one attached hydrogen (secondary N) is 2. The van der Waals surface area contributed by atoms with Crippen LogP contribution < -0.4 is 10.6 Å². The molecule has 1 fully saturated rings. The summed E-state index contributed by atoms with van der Waals surface area (Å²) < 4.78 is 5.28. The standard InChI is InChI=1S/C18H25N3O2/c1-5-14-10-15(13-21-8-6-19-7-9-21)12-16(11-14)20-17(22)23-18(2,3)4/h1,10-12,19H,6-9,13H2,2-4H3,(H,20,22). The third-order valence-corrected chi connectivity index (χ3v) is 3.42. The fourth-order valence-electron chi connectivity index (χ4n) is 2.49. The molecule has 2 N–H and O–H groups in total. The summed E-state index contributed by atoms with van der Waals surface area (Å²) in [7, 11) is 0. The molecule has 1 aliphatic rings. The van der Waals surface area contributed by atoms with Crippen LogP contribution in [0.3, 0.4) is 0 Å². The molecule has 23 heavy (non-hydrogen) atoms. The van der Waals surface area contributed by atoms with Crippen molar-refractivity contribution in [1.29, 1.82) is 0 Å². The SMILES string of the molecule is C#Cc1cc(CN2CCNCC2)cc(NC(=O)OC(C)(C)C)c1. The van der Waals surface area contributed by atoms with E-state index in [2.05, 4.69) is 21.5 Å². The van der Waals surface area contributed by atoms with E-state index in [-0.39, 0.29) is 0 Å². The van der Waals surface area contributed by atoms with Crippen molar-refractivity contribution in [2.45, 2.75) is 32.9 Å². The average Bonchev–Trinajstić information content (AvgIpc) is 2.45. The number of hydrogen-bond acceptors (Lipinski definition) is 4. The molecule has 124 valence electrons. The molecule has 5 nitrogen and oxygen atoms in total. The summed E-state index contributed by atoms with van der Waals surface area (Å²) in [5.74, 6) is 2.64. The molecule has 0 aromatic heterocycles. The molecule has 2 rings (SSSR count). The molecule has 0 spiro atoms. The van der Waals surface area contributed by atoms with Gasteiger partial charge in [0.05, 0.1) is 0 Å². The molecule has 5 heteroatoms. The van der Waals surface area contributed by atoms with E-state index in [1.165, 1.54) is 0 Å². The van der Waals surface area contributed by atoms with Gasteiger partial charge in [0.1, 0.15) is 5.60 Å². The van der Waals surface area contributed by atoms with Gasteiger partial charge in [0.25, 0.3) is 0 Å². The quantitative estimate of drug-likeness (QED) is 0.841. The minimum absolute atomic E-state index is 0.472. The smallest absolute Gasteiger partial charge is 0.412 e. The highest BCUT2D eigenvalue weighted by Gasteiger charge is 2.17. The second-order valence-electron chi connectivity index (χ2n) is 6.72. The van der Waals surface area contributed by atoms with Crippen molar-refractivity contribution in [3.8, 4) is 12.3 Å². The molecule has 1 saturated heterocycles. The monoisotopic (exact) mass is 315 g/mol. The Hall–Kier alpha value is -2.03. The van der Waals surface area contributed by atoms with Crippen LogP contribution >= 0.6 is 0 Å². The predicted molar refractivity (Wildman–Crippen MR) is 92.4 cm³/mol. The van der Waals surface area contributed by atoms with Crippen LogP contribution in [-0.4, -0.2) is 42.8 Å². The molecule has 1 aromatic rings. The minimum Gasteiger partial charge on any atom is -0.444 e. The van der Waals surface area contributed by atoms with Crippen LogP contribution in [0.4, 0.5) is 10.5 Å². The molecule has 0 aliphatic carbocycles. The topological polar surface area (TPSA) is 53.6 Å². The lowest BCUT2D eigenvalue weighted by molar-refractivity contribution is 0.0636. The first-order chi connectivity index (χ1) is 10.9. The molecule has 1 aliphatic heterocycles. The van der Waals surface area contributed by atoms with E-state index in [0.29, 0.717) is 5.69 Å². The van der Waals surface area contributed by atoms with E-state index in [4.69, 9.17) is 11.2 Å². The highest BCUT2D eigenvalue weighted by atomic mass is 16.6. The number of terminal acetylenes is 1. The molecule has 1 aromatic carbocycles. The fraction of sp³-hybridized carbons (Fsp3) is 0.500. The number of amides is 1. The second kappa shape index (κ2) is 7.49. The maximum Gasteiger partial charge on any atom is 0.412 e. The van der Waals surface area contributed by atoms with Crippen molar-refractivity contribution in [3.05, 3.63) is 29.3 Å². The van der Waals surface area contributed by atoms with Crippen LogP contribution in [0.5, 0.6) is 0 Å². The Morgan fingerprint density at radius 2 is 2.04 bits per heavy atom. The van der Waals surface area contributed by atoms with Crippen molar-refractivity contribution in [3.63, 3.8) is 0 Å². The largest absolute Gasteiger partial charge is 0.444 e. The number of anilines is 1. The third kappa shape index (κ3) is 5.93. The van der Waals surface area contributed by atoms with Gasteiger partial charge in [-0.3, -0.25) is 10.2 Å². The van der Waals surface area contributed by atoms with Gasteiger partial charge in [0.15, 0.2) is 0 Å². The molecule has 1 heterocycles. The number of carbonyl (C=O) groups is 1. The van der Waals surface area contributed by atoms with E-state index in [1.807, 2.05) is 32.9 Å². The zero-order valence-electron chi connectivity index (χ0n) is 14.1. The lowest BCUT2D eigenvalue weighted by Crippen LogP contribution is -2.42. The lowest BCUT2D eigenvalue weighted by atomic mass is 10.1. The van der Waals surface area contributed by atoms with Crippen molar-refractivity contribution in [2.75, 3.05) is 31.5 Å². The van der Waals surface area contributed by atoms with E-state index in [1.54, 1.807) is 6.07 Å². The first-order valence-electron chi connectivity index (χ1n) is 7.89. The minimum atomic E-state index is -0.530. The van der Waals surface area contributed by atoms with Crippen LogP contribution in [0.15, 0.2) is 18.2 Å².